The molecule has 156 valence electrons. The van der Waals surface area contributed by atoms with Crippen LogP contribution in [0.4, 0.5) is 10.8 Å². The van der Waals surface area contributed by atoms with Crippen molar-refractivity contribution < 1.29 is 4.79 Å². The Bertz CT molecular complexity index is 826. The van der Waals surface area contributed by atoms with Crippen LogP contribution in [0.1, 0.15) is 25.2 Å². The Kier molecular flexibility index (Phi) is 7.40. The summed E-state index contributed by atoms with van der Waals surface area (Å²) in [7, 11) is 1.83. The van der Waals surface area contributed by atoms with Crippen molar-refractivity contribution in [1.29, 1.82) is 0 Å². The summed E-state index contributed by atoms with van der Waals surface area (Å²) < 4.78 is 4.39. The summed E-state index contributed by atoms with van der Waals surface area (Å²) in [5.74, 6) is 1.81. The van der Waals surface area contributed by atoms with Crippen molar-refractivity contribution in [2.24, 2.45) is 4.99 Å². The molecule has 9 heteroatoms. The fourth-order valence-corrected chi connectivity index (χ4v) is 4.04. The predicted octanol–water partition coefficient (Wildman–Crippen LogP) is 2.00. The van der Waals surface area contributed by atoms with Gasteiger partial charge in [0.05, 0.1) is 0 Å². The zero-order valence-electron chi connectivity index (χ0n) is 17.3. The highest BCUT2D eigenvalue weighted by molar-refractivity contribution is 7.09. The molecule has 1 aromatic carbocycles. The van der Waals surface area contributed by atoms with Gasteiger partial charge >= 0.3 is 0 Å². The SMILES string of the molecule is CCc1nsc(N2CCN(C(=NC)NCCc3ccc(NC(C)=O)cc3)CC2)n1. The predicted molar refractivity (Wildman–Crippen MR) is 119 cm³/mol. The maximum absolute atomic E-state index is 11.1. The minimum absolute atomic E-state index is 0.0553. The third-order valence-electron chi connectivity index (χ3n) is 4.81. The van der Waals surface area contributed by atoms with Gasteiger partial charge < -0.3 is 20.4 Å². The molecule has 1 amide bonds. The summed E-state index contributed by atoms with van der Waals surface area (Å²) in [6.45, 7) is 8.06. The Morgan fingerprint density at radius 1 is 1.21 bits per heavy atom. The number of nitrogens with zero attached hydrogens (tertiary/aromatic N) is 5. The van der Waals surface area contributed by atoms with Gasteiger partial charge in [-0.1, -0.05) is 19.1 Å². The molecule has 1 aromatic heterocycles. The minimum Gasteiger partial charge on any atom is -0.356 e. The van der Waals surface area contributed by atoms with Crippen LogP contribution in [0, 0.1) is 0 Å². The van der Waals surface area contributed by atoms with Crippen molar-refractivity contribution in [2.45, 2.75) is 26.7 Å². The van der Waals surface area contributed by atoms with Gasteiger partial charge in [0.15, 0.2) is 5.96 Å². The Hall–Kier alpha value is -2.68. The van der Waals surface area contributed by atoms with E-state index in [1.54, 1.807) is 0 Å². The number of carbonyl (C=O) groups excluding carboxylic acids is 1. The molecule has 2 aromatic rings. The number of aromatic nitrogens is 2. The average Bonchev–Trinajstić information content (AvgIpc) is 3.22. The van der Waals surface area contributed by atoms with E-state index in [2.05, 4.69) is 41.7 Å². The van der Waals surface area contributed by atoms with Gasteiger partial charge in [0.1, 0.15) is 5.82 Å². The van der Waals surface area contributed by atoms with Crippen LogP contribution in [0.3, 0.4) is 0 Å². The second kappa shape index (κ2) is 10.2. The molecule has 0 saturated carbocycles. The van der Waals surface area contributed by atoms with Crippen LogP contribution >= 0.6 is 11.5 Å². The van der Waals surface area contributed by atoms with Crippen molar-refractivity contribution in [3.8, 4) is 0 Å². The lowest BCUT2D eigenvalue weighted by molar-refractivity contribution is -0.114. The number of rotatable bonds is 6. The largest absolute Gasteiger partial charge is 0.356 e. The van der Waals surface area contributed by atoms with Crippen LogP contribution < -0.4 is 15.5 Å². The fraction of sp³-hybridized carbons (Fsp3) is 0.500. The van der Waals surface area contributed by atoms with Crippen molar-refractivity contribution in [3.63, 3.8) is 0 Å². The first-order valence-corrected chi connectivity index (χ1v) is 10.8. The second-order valence-corrected chi connectivity index (χ2v) is 7.65. The van der Waals surface area contributed by atoms with Crippen LogP contribution in [0.2, 0.25) is 0 Å². The molecule has 2 N–H and O–H groups in total. The summed E-state index contributed by atoms with van der Waals surface area (Å²) in [6.07, 6.45) is 1.77. The highest BCUT2D eigenvalue weighted by Gasteiger charge is 2.21. The van der Waals surface area contributed by atoms with Gasteiger partial charge in [-0.05, 0) is 24.1 Å². The number of anilines is 2. The molecule has 0 atom stereocenters. The topological polar surface area (TPSA) is 85.8 Å². The molecule has 0 spiro atoms. The van der Waals surface area contributed by atoms with Gasteiger partial charge in [-0.25, -0.2) is 4.98 Å². The van der Waals surface area contributed by atoms with Crippen molar-refractivity contribution in [2.75, 3.05) is 50.0 Å². The number of amides is 1. The van der Waals surface area contributed by atoms with E-state index in [0.29, 0.717) is 0 Å². The fourth-order valence-electron chi connectivity index (χ4n) is 3.24. The van der Waals surface area contributed by atoms with Crippen LogP contribution in [-0.4, -0.2) is 65.9 Å². The molecule has 0 radical (unpaired) electrons. The number of nitrogens with one attached hydrogen (secondary N) is 2. The molecule has 2 heterocycles. The van der Waals surface area contributed by atoms with Gasteiger partial charge in [0.2, 0.25) is 11.0 Å². The van der Waals surface area contributed by atoms with E-state index in [1.165, 1.54) is 24.0 Å². The lowest BCUT2D eigenvalue weighted by atomic mass is 10.1. The number of aliphatic imine (C=N–C) groups is 1. The van der Waals surface area contributed by atoms with E-state index in [-0.39, 0.29) is 5.91 Å². The zero-order chi connectivity index (χ0) is 20.6. The van der Waals surface area contributed by atoms with Crippen molar-refractivity contribution in [3.05, 3.63) is 35.7 Å². The Balaban J connectivity index is 1.44. The molecule has 0 bridgehead atoms. The number of carbonyl (C=O) groups is 1. The summed E-state index contributed by atoms with van der Waals surface area (Å²) in [5.41, 5.74) is 2.04. The van der Waals surface area contributed by atoms with E-state index in [4.69, 9.17) is 0 Å². The summed E-state index contributed by atoms with van der Waals surface area (Å²) in [5, 5.41) is 7.27. The zero-order valence-corrected chi connectivity index (χ0v) is 18.1. The van der Waals surface area contributed by atoms with Gasteiger partial charge in [-0.3, -0.25) is 9.79 Å². The van der Waals surface area contributed by atoms with Crippen LogP contribution in [0.5, 0.6) is 0 Å². The maximum Gasteiger partial charge on any atom is 0.221 e. The van der Waals surface area contributed by atoms with Crippen molar-refractivity contribution >= 4 is 34.2 Å². The normalized spacial score (nSPS) is 14.8. The molecule has 29 heavy (non-hydrogen) atoms. The van der Waals surface area contributed by atoms with E-state index in [0.717, 1.165) is 68.2 Å². The maximum atomic E-state index is 11.1. The van der Waals surface area contributed by atoms with Crippen LogP contribution in [-0.2, 0) is 17.6 Å². The van der Waals surface area contributed by atoms with E-state index >= 15 is 0 Å². The monoisotopic (exact) mass is 415 g/mol. The first-order valence-electron chi connectivity index (χ1n) is 9.98. The number of hydrogen-bond acceptors (Lipinski definition) is 6. The summed E-state index contributed by atoms with van der Waals surface area (Å²) in [6, 6.07) is 7.95. The molecule has 8 nitrogen and oxygen atoms in total. The van der Waals surface area contributed by atoms with Gasteiger partial charge in [0.25, 0.3) is 0 Å². The average molecular weight is 416 g/mol. The molecular formula is C20H29N7OS. The van der Waals surface area contributed by atoms with Gasteiger partial charge in [-0.2, -0.15) is 4.37 Å². The van der Waals surface area contributed by atoms with Crippen LogP contribution in [0.25, 0.3) is 0 Å². The lowest BCUT2D eigenvalue weighted by Crippen LogP contribution is -2.52. The standard InChI is InChI=1S/C20H29N7OS/c1-4-18-24-20(29-25-18)27-13-11-26(12-14-27)19(21-3)22-10-9-16-5-7-17(8-6-16)23-15(2)28/h5-8H,4,9-14H2,1-3H3,(H,21,22)(H,23,28). The molecule has 1 aliphatic heterocycles. The number of hydrogen-bond donors (Lipinski definition) is 2. The third kappa shape index (κ3) is 5.90. The quantitative estimate of drug-likeness (QED) is 0.554. The first-order chi connectivity index (χ1) is 14.1. The second-order valence-electron chi connectivity index (χ2n) is 6.92. The highest BCUT2D eigenvalue weighted by Crippen LogP contribution is 2.19. The van der Waals surface area contributed by atoms with Crippen molar-refractivity contribution in [1.82, 2.24) is 19.6 Å². The van der Waals surface area contributed by atoms with Gasteiger partial charge in [-0.15, -0.1) is 0 Å². The summed E-state index contributed by atoms with van der Waals surface area (Å²) in [4.78, 5) is 24.7. The highest BCUT2D eigenvalue weighted by atomic mass is 32.1. The smallest absolute Gasteiger partial charge is 0.221 e. The molecule has 3 rings (SSSR count). The number of benzene rings is 1. The van der Waals surface area contributed by atoms with Crippen LogP contribution in [0.15, 0.2) is 29.3 Å². The van der Waals surface area contributed by atoms with E-state index in [9.17, 15) is 4.79 Å². The Morgan fingerprint density at radius 3 is 2.52 bits per heavy atom. The van der Waals surface area contributed by atoms with Gasteiger partial charge in [0, 0.05) is 70.3 Å². The summed E-state index contributed by atoms with van der Waals surface area (Å²) >= 11 is 1.49. The lowest BCUT2D eigenvalue weighted by Gasteiger charge is -2.36. The molecule has 0 unspecified atom stereocenters. The molecule has 1 aliphatic rings. The molecular weight excluding hydrogens is 386 g/mol. The van der Waals surface area contributed by atoms with E-state index < -0.39 is 0 Å². The number of aryl methyl sites for hydroxylation is 1. The Morgan fingerprint density at radius 2 is 1.93 bits per heavy atom. The molecule has 0 aliphatic carbocycles. The van der Waals surface area contributed by atoms with E-state index in [1.807, 2.05) is 31.3 Å². The Labute approximate surface area is 176 Å². The molecule has 1 fully saturated rings. The minimum atomic E-state index is -0.0553. The first kappa shape index (κ1) is 21.0. The third-order valence-corrected chi connectivity index (χ3v) is 5.62. The number of guanidine groups is 1. The number of piperazine rings is 1. The molecule has 1 saturated heterocycles.